The normalized spacial score (nSPS) is 20.4. The number of piperazine rings is 1. The largest absolute Gasteiger partial charge is 0.369 e. The highest BCUT2D eigenvalue weighted by Crippen LogP contribution is 2.26. The number of carbonyl (C=O) groups is 2. The quantitative estimate of drug-likeness (QED) is 0.821. The number of imide groups is 1. The molecule has 0 atom stereocenters. The van der Waals surface area contributed by atoms with E-state index in [1.54, 1.807) is 0 Å². The van der Waals surface area contributed by atoms with Gasteiger partial charge in [-0.2, -0.15) is 0 Å². The van der Waals surface area contributed by atoms with Gasteiger partial charge in [-0.15, -0.1) is 0 Å². The third-order valence-electron chi connectivity index (χ3n) is 3.85. The van der Waals surface area contributed by atoms with Crippen molar-refractivity contribution in [2.45, 2.75) is 19.3 Å². The Morgan fingerprint density at radius 3 is 2.30 bits per heavy atom. The summed E-state index contributed by atoms with van der Waals surface area (Å²) in [6.45, 7) is 3.83. The summed E-state index contributed by atoms with van der Waals surface area (Å²) >= 11 is 0. The summed E-state index contributed by atoms with van der Waals surface area (Å²) in [5.74, 6) is -0.169. The van der Waals surface area contributed by atoms with Crippen LogP contribution in [0.3, 0.4) is 0 Å². The SMILES string of the molecule is O=C1CCCC(=O)N1c1cccc(N2CCNCC2)c1. The number of hydrogen-bond acceptors (Lipinski definition) is 4. The summed E-state index contributed by atoms with van der Waals surface area (Å²) in [5.41, 5.74) is 1.78. The van der Waals surface area contributed by atoms with E-state index >= 15 is 0 Å². The summed E-state index contributed by atoms with van der Waals surface area (Å²) in [6.07, 6.45) is 1.60. The molecule has 2 heterocycles. The highest BCUT2D eigenvalue weighted by Gasteiger charge is 2.27. The molecule has 0 aliphatic carbocycles. The van der Waals surface area contributed by atoms with Crippen LogP contribution >= 0.6 is 0 Å². The number of amides is 2. The smallest absolute Gasteiger partial charge is 0.233 e. The van der Waals surface area contributed by atoms with E-state index in [1.807, 2.05) is 24.3 Å². The van der Waals surface area contributed by atoms with Gasteiger partial charge in [-0.1, -0.05) is 6.07 Å². The summed E-state index contributed by atoms with van der Waals surface area (Å²) in [4.78, 5) is 27.6. The van der Waals surface area contributed by atoms with Gasteiger partial charge in [-0.3, -0.25) is 14.5 Å². The fourth-order valence-electron chi connectivity index (χ4n) is 2.79. The minimum absolute atomic E-state index is 0.0845. The average molecular weight is 273 g/mol. The third-order valence-corrected chi connectivity index (χ3v) is 3.85. The van der Waals surface area contributed by atoms with Crippen LogP contribution in [0.1, 0.15) is 19.3 Å². The fourth-order valence-corrected chi connectivity index (χ4v) is 2.79. The molecule has 2 amide bonds. The first-order chi connectivity index (χ1) is 9.75. The van der Waals surface area contributed by atoms with E-state index in [2.05, 4.69) is 10.2 Å². The van der Waals surface area contributed by atoms with Crippen LogP contribution in [0.25, 0.3) is 0 Å². The number of piperidine rings is 1. The Morgan fingerprint density at radius 2 is 1.60 bits per heavy atom. The van der Waals surface area contributed by atoms with Crippen LogP contribution in [-0.2, 0) is 9.59 Å². The third kappa shape index (κ3) is 2.54. The van der Waals surface area contributed by atoms with Crippen molar-refractivity contribution in [3.8, 4) is 0 Å². The predicted molar refractivity (Wildman–Crippen MR) is 77.9 cm³/mol. The molecule has 1 N–H and O–H groups in total. The van der Waals surface area contributed by atoms with Crippen LogP contribution in [0, 0.1) is 0 Å². The summed E-state index contributed by atoms with van der Waals surface area (Å²) in [5, 5.41) is 3.32. The van der Waals surface area contributed by atoms with Gasteiger partial charge in [-0.05, 0) is 24.6 Å². The predicted octanol–water partition coefficient (Wildman–Crippen LogP) is 1.14. The molecule has 0 saturated carbocycles. The molecule has 2 saturated heterocycles. The first-order valence-electron chi connectivity index (χ1n) is 7.17. The van der Waals surface area contributed by atoms with Crippen LogP contribution in [-0.4, -0.2) is 38.0 Å². The van der Waals surface area contributed by atoms with Gasteiger partial charge in [0, 0.05) is 44.7 Å². The molecule has 0 aromatic heterocycles. The van der Waals surface area contributed by atoms with E-state index < -0.39 is 0 Å². The highest BCUT2D eigenvalue weighted by molar-refractivity contribution is 6.16. The lowest BCUT2D eigenvalue weighted by molar-refractivity contribution is -0.129. The Labute approximate surface area is 118 Å². The molecule has 0 bridgehead atoms. The minimum atomic E-state index is -0.0845. The first kappa shape index (κ1) is 13.1. The standard InChI is InChI=1S/C15H19N3O2/c19-14-5-2-6-15(20)18(14)13-4-1-3-12(11-13)17-9-7-16-8-10-17/h1,3-4,11,16H,2,5-10H2. The lowest BCUT2D eigenvalue weighted by atomic mass is 10.1. The molecule has 5 heteroatoms. The van der Waals surface area contributed by atoms with Crippen molar-refractivity contribution in [3.63, 3.8) is 0 Å². The summed E-state index contributed by atoms with van der Waals surface area (Å²) < 4.78 is 0. The maximum atomic E-state index is 12.0. The Hall–Kier alpha value is -1.88. The molecular formula is C15H19N3O2. The van der Waals surface area contributed by atoms with E-state index in [0.29, 0.717) is 24.9 Å². The fraction of sp³-hybridized carbons (Fsp3) is 0.467. The summed E-state index contributed by atoms with van der Waals surface area (Å²) in [7, 11) is 0. The van der Waals surface area contributed by atoms with E-state index in [9.17, 15) is 9.59 Å². The average Bonchev–Trinajstić information content (AvgIpc) is 2.48. The van der Waals surface area contributed by atoms with Crippen LogP contribution in [0.2, 0.25) is 0 Å². The zero-order chi connectivity index (χ0) is 13.9. The number of rotatable bonds is 2. The molecule has 1 aromatic rings. The maximum Gasteiger partial charge on any atom is 0.233 e. The monoisotopic (exact) mass is 273 g/mol. The van der Waals surface area contributed by atoms with Crippen molar-refractivity contribution in [2.75, 3.05) is 36.0 Å². The molecule has 2 aliphatic rings. The molecule has 0 radical (unpaired) electrons. The Kier molecular flexibility index (Phi) is 3.69. The van der Waals surface area contributed by atoms with E-state index in [4.69, 9.17) is 0 Å². The van der Waals surface area contributed by atoms with Gasteiger partial charge in [0.05, 0.1) is 5.69 Å². The second kappa shape index (κ2) is 5.63. The van der Waals surface area contributed by atoms with Crippen molar-refractivity contribution in [3.05, 3.63) is 24.3 Å². The van der Waals surface area contributed by atoms with Gasteiger partial charge in [0.1, 0.15) is 0 Å². The van der Waals surface area contributed by atoms with Crippen LogP contribution < -0.4 is 15.1 Å². The van der Waals surface area contributed by atoms with Gasteiger partial charge < -0.3 is 10.2 Å². The van der Waals surface area contributed by atoms with Crippen molar-refractivity contribution < 1.29 is 9.59 Å². The number of benzene rings is 1. The lowest BCUT2D eigenvalue weighted by Crippen LogP contribution is -2.44. The van der Waals surface area contributed by atoms with Crippen molar-refractivity contribution in [1.82, 2.24) is 5.32 Å². The number of carbonyl (C=O) groups excluding carboxylic acids is 2. The molecule has 0 unspecified atom stereocenters. The summed E-state index contributed by atoms with van der Waals surface area (Å²) in [6, 6.07) is 7.74. The van der Waals surface area contributed by atoms with Gasteiger partial charge in [0.2, 0.25) is 11.8 Å². The van der Waals surface area contributed by atoms with Gasteiger partial charge in [0.25, 0.3) is 0 Å². The lowest BCUT2D eigenvalue weighted by Gasteiger charge is -2.31. The molecule has 3 rings (SSSR count). The second-order valence-corrected chi connectivity index (χ2v) is 5.23. The molecule has 1 aromatic carbocycles. The molecule has 5 nitrogen and oxygen atoms in total. The van der Waals surface area contributed by atoms with Crippen molar-refractivity contribution >= 4 is 23.2 Å². The number of nitrogens with zero attached hydrogens (tertiary/aromatic N) is 2. The van der Waals surface area contributed by atoms with Crippen molar-refractivity contribution in [2.24, 2.45) is 0 Å². The molecular weight excluding hydrogens is 254 g/mol. The molecule has 106 valence electrons. The number of anilines is 2. The number of nitrogens with one attached hydrogen (secondary N) is 1. The zero-order valence-electron chi connectivity index (χ0n) is 11.5. The first-order valence-corrected chi connectivity index (χ1v) is 7.17. The number of hydrogen-bond donors (Lipinski definition) is 1. The Morgan fingerprint density at radius 1 is 0.950 bits per heavy atom. The molecule has 20 heavy (non-hydrogen) atoms. The zero-order valence-corrected chi connectivity index (χ0v) is 11.5. The molecule has 2 fully saturated rings. The van der Waals surface area contributed by atoms with Gasteiger partial charge in [-0.25, -0.2) is 0 Å². The maximum absolute atomic E-state index is 12.0. The van der Waals surface area contributed by atoms with E-state index in [-0.39, 0.29) is 11.8 Å². The molecule has 2 aliphatic heterocycles. The topological polar surface area (TPSA) is 52.7 Å². The van der Waals surface area contributed by atoms with E-state index in [1.165, 1.54) is 4.90 Å². The van der Waals surface area contributed by atoms with Crippen molar-refractivity contribution in [1.29, 1.82) is 0 Å². The highest BCUT2D eigenvalue weighted by atomic mass is 16.2. The Balaban J connectivity index is 1.86. The van der Waals surface area contributed by atoms with Crippen LogP contribution in [0.5, 0.6) is 0 Å². The van der Waals surface area contributed by atoms with E-state index in [0.717, 1.165) is 31.9 Å². The van der Waals surface area contributed by atoms with Gasteiger partial charge >= 0.3 is 0 Å². The van der Waals surface area contributed by atoms with Crippen LogP contribution in [0.15, 0.2) is 24.3 Å². The Bertz CT molecular complexity index is 508. The molecule has 0 spiro atoms. The minimum Gasteiger partial charge on any atom is -0.369 e. The van der Waals surface area contributed by atoms with Gasteiger partial charge in [0.15, 0.2) is 0 Å². The van der Waals surface area contributed by atoms with Crippen LogP contribution in [0.4, 0.5) is 11.4 Å². The second-order valence-electron chi connectivity index (χ2n) is 5.23.